The predicted molar refractivity (Wildman–Crippen MR) is 82.7 cm³/mol. The molecule has 0 amide bonds. The van der Waals surface area contributed by atoms with Gasteiger partial charge in [-0.25, -0.2) is 4.39 Å². The summed E-state index contributed by atoms with van der Waals surface area (Å²) in [7, 11) is 0. The van der Waals surface area contributed by atoms with Crippen LogP contribution in [0.25, 0.3) is 0 Å². The van der Waals surface area contributed by atoms with Crippen LogP contribution in [0, 0.1) is 5.82 Å². The number of halogens is 1. The summed E-state index contributed by atoms with van der Waals surface area (Å²) < 4.78 is 14.0. The molecule has 0 aliphatic carbocycles. The van der Waals surface area contributed by atoms with Crippen molar-refractivity contribution < 1.29 is 4.39 Å². The molecule has 0 atom stereocenters. The molecule has 4 heteroatoms. The fourth-order valence-electron chi connectivity index (χ4n) is 2.53. The van der Waals surface area contributed by atoms with Crippen LogP contribution >= 0.6 is 0 Å². The van der Waals surface area contributed by atoms with Gasteiger partial charge in [0, 0.05) is 26.2 Å². The maximum atomic E-state index is 14.0. The van der Waals surface area contributed by atoms with Gasteiger partial charge in [0.2, 0.25) is 0 Å². The number of rotatable bonds is 6. The fourth-order valence-corrected chi connectivity index (χ4v) is 2.53. The molecule has 0 unspecified atom stereocenters. The summed E-state index contributed by atoms with van der Waals surface area (Å²) in [6.07, 6.45) is 3.45. The Labute approximate surface area is 121 Å². The number of nitrogens with zero attached hydrogens (tertiary/aromatic N) is 1. The van der Waals surface area contributed by atoms with Crippen LogP contribution in [-0.4, -0.2) is 32.7 Å². The van der Waals surface area contributed by atoms with Crippen molar-refractivity contribution in [1.29, 1.82) is 0 Å². The number of hydrogen-bond donors (Lipinski definition) is 2. The van der Waals surface area contributed by atoms with Gasteiger partial charge in [-0.3, -0.25) is 0 Å². The van der Waals surface area contributed by atoms with Gasteiger partial charge in [0.15, 0.2) is 0 Å². The molecule has 1 fully saturated rings. The van der Waals surface area contributed by atoms with Gasteiger partial charge in [-0.15, -0.1) is 0 Å². The van der Waals surface area contributed by atoms with E-state index in [1.165, 1.54) is 12.8 Å². The first kappa shape index (κ1) is 15.3. The van der Waals surface area contributed by atoms with E-state index in [0.717, 1.165) is 56.9 Å². The molecular weight excluding hydrogens is 253 g/mol. The molecule has 0 aromatic heterocycles. The topological polar surface area (TPSA) is 27.3 Å². The van der Waals surface area contributed by atoms with Crippen molar-refractivity contribution in [1.82, 2.24) is 10.6 Å². The lowest BCUT2D eigenvalue weighted by molar-refractivity contribution is 0.613. The molecule has 0 spiro atoms. The van der Waals surface area contributed by atoms with E-state index in [1.54, 1.807) is 6.07 Å². The Kier molecular flexibility index (Phi) is 6.27. The summed E-state index contributed by atoms with van der Waals surface area (Å²) in [5, 5.41) is 6.76. The van der Waals surface area contributed by atoms with Crippen molar-refractivity contribution in [2.24, 2.45) is 0 Å². The molecule has 0 saturated carbocycles. The molecule has 112 valence electrons. The monoisotopic (exact) mass is 279 g/mol. The molecule has 1 saturated heterocycles. The molecule has 1 aromatic rings. The van der Waals surface area contributed by atoms with Gasteiger partial charge in [-0.05, 0) is 43.6 Å². The zero-order chi connectivity index (χ0) is 14.2. The second-order valence-corrected chi connectivity index (χ2v) is 5.41. The summed E-state index contributed by atoms with van der Waals surface area (Å²) in [6, 6.07) is 5.48. The van der Waals surface area contributed by atoms with E-state index in [1.807, 2.05) is 12.1 Å². The zero-order valence-electron chi connectivity index (χ0n) is 12.4. The Morgan fingerprint density at radius 2 is 2.20 bits per heavy atom. The van der Waals surface area contributed by atoms with Gasteiger partial charge in [0.1, 0.15) is 5.82 Å². The molecule has 2 rings (SSSR count). The molecule has 20 heavy (non-hydrogen) atoms. The van der Waals surface area contributed by atoms with Crippen LogP contribution in [-0.2, 0) is 6.54 Å². The van der Waals surface area contributed by atoms with Crippen molar-refractivity contribution in [3.05, 3.63) is 29.6 Å². The summed E-state index contributed by atoms with van der Waals surface area (Å²) >= 11 is 0. The summed E-state index contributed by atoms with van der Waals surface area (Å²) in [5.74, 6) is -0.107. The highest BCUT2D eigenvalue weighted by Gasteiger charge is 2.14. The minimum atomic E-state index is -0.107. The molecule has 0 bridgehead atoms. The van der Waals surface area contributed by atoms with Crippen molar-refractivity contribution in [3.63, 3.8) is 0 Å². The zero-order valence-corrected chi connectivity index (χ0v) is 12.4. The molecule has 1 aromatic carbocycles. The van der Waals surface area contributed by atoms with Gasteiger partial charge < -0.3 is 15.5 Å². The van der Waals surface area contributed by atoms with Gasteiger partial charge in [-0.2, -0.15) is 0 Å². The van der Waals surface area contributed by atoms with Crippen molar-refractivity contribution in [2.45, 2.75) is 32.7 Å². The molecule has 2 N–H and O–H groups in total. The van der Waals surface area contributed by atoms with Gasteiger partial charge in [-0.1, -0.05) is 19.4 Å². The van der Waals surface area contributed by atoms with E-state index >= 15 is 0 Å². The standard InChI is InChI=1S/C16H26FN3/c1-2-3-7-19-13-14-5-6-15(17)16(12-14)20-10-4-8-18-9-11-20/h5-6,12,18-19H,2-4,7-11,13H2,1H3. The third-order valence-corrected chi connectivity index (χ3v) is 3.73. The predicted octanol–water partition coefficient (Wildman–Crippen LogP) is 2.52. The number of unbranched alkanes of at least 4 members (excludes halogenated alkanes) is 1. The minimum absolute atomic E-state index is 0.107. The van der Waals surface area contributed by atoms with E-state index in [0.29, 0.717) is 0 Å². The van der Waals surface area contributed by atoms with Gasteiger partial charge in [0.05, 0.1) is 5.69 Å². The second-order valence-electron chi connectivity index (χ2n) is 5.41. The summed E-state index contributed by atoms with van der Waals surface area (Å²) in [4.78, 5) is 2.16. The van der Waals surface area contributed by atoms with Crippen LogP contribution in [0.15, 0.2) is 18.2 Å². The maximum Gasteiger partial charge on any atom is 0.146 e. The molecule has 0 radical (unpaired) electrons. The first-order chi connectivity index (χ1) is 9.81. The quantitative estimate of drug-likeness (QED) is 0.784. The third-order valence-electron chi connectivity index (χ3n) is 3.73. The highest BCUT2D eigenvalue weighted by molar-refractivity contribution is 5.50. The Hall–Kier alpha value is -1.13. The molecule has 1 aliphatic heterocycles. The summed E-state index contributed by atoms with van der Waals surface area (Å²) in [5.41, 5.74) is 1.92. The Morgan fingerprint density at radius 1 is 1.30 bits per heavy atom. The Bertz CT molecular complexity index is 401. The van der Waals surface area contributed by atoms with E-state index in [-0.39, 0.29) is 5.82 Å². The highest BCUT2D eigenvalue weighted by atomic mass is 19.1. The number of benzene rings is 1. The molecule has 3 nitrogen and oxygen atoms in total. The Balaban J connectivity index is 1.99. The molecule has 1 heterocycles. The molecular formula is C16H26FN3. The van der Waals surface area contributed by atoms with Crippen LogP contribution in [0.2, 0.25) is 0 Å². The first-order valence-electron chi connectivity index (χ1n) is 7.76. The SMILES string of the molecule is CCCCNCc1ccc(F)c(N2CCCNCC2)c1. The van der Waals surface area contributed by atoms with E-state index in [2.05, 4.69) is 22.5 Å². The highest BCUT2D eigenvalue weighted by Crippen LogP contribution is 2.21. The molecule has 1 aliphatic rings. The first-order valence-corrected chi connectivity index (χ1v) is 7.76. The normalized spacial score (nSPS) is 16.2. The summed E-state index contributed by atoms with van der Waals surface area (Å²) in [6.45, 7) is 7.79. The number of nitrogens with one attached hydrogen (secondary N) is 2. The van der Waals surface area contributed by atoms with Crippen LogP contribution in [0.4, 0.5) is 10.1 Å². The average Bonchev–Trinajstić information content (AvgIpc) is 2.74. The lowest BCUT2D eigenvalue weighted by atomic mass is 10.1. The third kappa shape index (κ3) is 4.46. The van der Waals surface area contributed by atoms with Gasteiger partial charge >= 0.3 is 0 Å². The number of hydrogen-bond acceptors (Lipinski definition) is 3. The van der Waals surface area contributed by atoms with Crippen LogP contribution in [0.5, 0.6) is 0 Å². The van der Waals surface area contributed by atoms with E-state index < -0.39 is 0 Å². The van der Waals surface area contributed by atoms with Crippen molar-refractivity contribution >= 4 is 5.69 Å². The van der Waals surface area contributed by atoms with Crippen LogP contribution < -0.4 is 15.5 Å². The van der Waals surface area contributed by atoms with Crippen molar-refractivity contribution in [2.75, 3.05) is 37.6 Å². The lowest BCUT2D eigenvalue weighted by Gasteiger charge is -2.23. The van der Waals surface area contributed by atoms with E-state index in [9.17, 15) is 4.39 Å². The second kappa shape index (κ2) is 8.22. The van der Waals surface area contributed by atoms with E-state index in [4.69, 9.17) is 0 Å². The van der Waals surface area contributed by atoms with Crippen LogP contribution in [0.3, 0.4) is 0 Å². The lowest BCUT2D eigenvalue weighted by Crippen LogP contribution is -2.28. The smallest absolute Gasteiger partial charge is 0.146 e. The van der Waals surface area contributed by atoms with Crippen LogP contribution in [0.1, 0.15) is 31.7 Å². The minimum Gasteiger partial charge on any atom is -0.368 e. The van der Waals surface area contributed by atoms with Gasteiger partial charge in [0.25, 0.3) is 0 Å². The Morgan fingerprint density at radius 3 is 3.05 bits per heavy atom. The maximum absolute atomic E-state index is 14.0. The number of anilines is 1. The average molecular weight is 279 g/mol. The fraction of sp³-hybridized carbons (Fsp3) is 0.625. The largest absolute Gasteiger partial charge is 0.368 e. The van der Waals surface area contributed by atoms with Crippen molar-refractivity contribution in [3.8, 4) is 0 Å².